The molecule has 3 heteroatoms. The molecule has 32 heavy (non-hydrogen) atoms. The van der Waals surface area contributed by atoms with E-state index in [1.54, 1.807) is 0 Å². The van der Waals surface area contributed by atoms with Crippen molar-refractivity contribution in [2.24, 2.45) is 52.3 Å². The summed E-state index contributed by atoms with van der Waals surface area (Å²) >= 11 is 0. The van der Waals surface area contributed by atoms with E-state index in [1.807, 2.05) is 0 Å². The van der Waals surface area contributed by atoms with Crippen LogP contribution in [-0.4, -0.2) is 33.1 Å². The number of rotatable bonds is 6. The van der Waals surface area contributed by atoms with Crippen LogP contribution in [0.15, 0.2) is 0 Å². The van der Waals surface area contributed by atoms with Crippen molar-refractivity contribution in [2.75, 3.05) is 0 Å². The minimum absolute atomic E-state index is 0.259. The van der Waals surface area contributed by atoms with E-state index in [2.05, 4.69) is 41.5 Å². The Kier molecular flexibility index (Phi) is 6.89. The zero-order chi connectivity index (χ0) is 23.5. The van der Waals surface area contributed by atoms with Crippen LogP contribution in [0.2, 0.25) is 0 Å². The van der Waals surface area contributed by atoms with E-state index in [0.29, 0.717) is 29.6 Å². The summed E-state index contributed by atoms with van der Waals surface area (Å²) in [5.41, 5.74) is -0.984. The normalized spacial score (nSPS) is 50.4. The van der Waals surface area contributed by atoms with E-state index in [9.17, 15) is 15.3 Å². The molecule has 3 N–H and O–H groups in total. The molecule has 4 fully saturated rings. The summed E-state index contributed by atoms with van der Waals surface area (Å²) in [6.45, 7) is 14.5. The van der Waals surface area contributed by atoms with E-state index in [-0.39, 0.29) is 5.41 Å². The number of fused-ring (bicyclic) bond motifs is 5. The number of hydrogen-bond donors (Lipinski definition) is 3. The first-order valence-corrected chi connectivity index (χ1v) is 14.1. The lowest BCUT2D eigenvalue weighted by Crippen LogP contribution is -2.68. The highest BCUT2D eigenvalue weighted by Gasteiger charge is 2.67. The van der Waals surface area contributed by atoms with Gasteiger partial charge in [0.05, 0.1) is 17.8 Å². The van der Waals surface area contributed by atoms with Crippen molar-refractivity contribution >= 4 is 0 Å². The summed E-state index contributed by atoms with van der Waals surface area (Å²) in [4.78, 5) is 0. The monoisotopic (exact) mass is 448 g/mol. The second-order valence-corrected chi connectivity index (χ2v) is 13.6. The van der Waals surface area contributed by atoms with E-state index in [0.717, 1.165) is 42.9 Å². The molecular formula is C29H52O3. The van der Waals surface area contributed by atoms with Gasteiger partial charge in [-0.25, -0.2) is 0 Å². The number of aliphatic hydroxyl groups excluding tert-OH is 2. The summed E-state index contributed by atoms with van der Waals surface area (Å²) in [7, 11) is 0. The van der Waals surface area contributed by atoms with Gasteiger partial charge in [-0.05, 0) is 98.2 Å². The van der Waals surface area contributed by atoms with Crippen LogP contribution in [0, 0.1) is 52.3 Å². The Labute approximate surface area is 197 Å². The number of hydrogen-bond acceptors (Lipinski definition) is 3. The quantitative estimate of drug-likeness (QED) is 0.454. The third kappa shape index (κ3) is 3.72. The molecule has 3 nitrogen and oxygen atoms in total. The van der Waals surface area contributed by atoms with Crippen molar-refractivity contribution in [3.63, 3.8) is 0 Å². The first-order chi connectivity index (χ1) is 15.0. The smallest absolute Gasteiger partial charge is 0.0985 e. The van der Waals surface area contributed by atoms with Gasteiger partial charge in [-0.15, -0.1) is 0 Å². The van der Waals surface area contributed by atoms with Crippen molar-refractivity contribution in [1.82, 2.24) is 0 Å². The molecule has 4 rings (SSSR count). The molecule has 0 saturated heterocycles. The van der Waals surface area contributed by atoms with Crippen LogP contribution in [-0.2, 0) is 0 Å². The average molecular weight is 449 g/mol. The molecule has 0 radical (unpaired) electrons. The van der Waals surface area contributed by atoms with Crippen LogP contribution in [0.4, 0.5) is 0 Å². The van der Waals surface area contributed by atoms with Gasteiger partial charge in [-0.3, -0.25) is 0 Å². The van der Waals surface area contributed by atoms with Crippen molar-refractivity contribution in [2.45, 2.75) is 130 Å². The summed E-state index contributed by atoms with van der Waals surface area (Å²) in [6, 6.07) is 0. The molecule has 4 aliphatic carbocycles. The first kappa shape index (κ1) is 25.0. The van der Waals surface area contributed by atoms with Gasteiger partial charge in [-0.1, -0.05) is 54.4 Å². The molecule has 0 aromatic carbocycles. The molecule has 0 aromatic rings. The lowest BCUT2D eigenvalue weighted by molar-refractivity contribution is -0.264. The second kappa shape index (κ2) is 8.83. The third-order valence-electron chi connectivity index (χ3n) is 12.1. The Bertz CT molecular complexity index is 663. The molecule has 0 bridgehead atoms. The van der Waals surface area contributed by atoms with Crippen molar-refractivity contribution in [3.05, 3.63) is 0 Å². The lowest BCUT2D eigenvalue weighted by Gasteiger charge is -2.65. The predicted molar refractivity (Wildman–Crippen MR) is 131 cm³/mol. The fraction of sp³-hybridized carbons (Fsp3) is 1.00. The highest BCUT2D eigenvalue weighted by atomic mass is 16.3. The van der Waals surface area contributed by atoms with E-state index in [1.165, 1.54) is 44.9 Å². The largest absolute Gasteiger partial charge is 0.393 e. The van der Waals surface area contributed by atoms with Crippen LogP contribution in [0.5, 0.6) is 0 Å². The van der Waals surface area contributed by atoms with E-state index < -0.39 is 17.8 Å². The van der Waals surface area contributed by atoms with Crippen LogP contribution in [0.3, 0.4) is 0 Å². The maximum absolute atomic E-state index is 11.7. The summed E-state index contributed by atoms with van der Waals surface area (Å²) < 4.78 is 0. The molecule has 0 spiro atoms. The Morgan fingerprint density at radius 3 is 2.28 bits per heavy atom. The topological polar surface area (TPSA) is 60.7 Å². The van der Waals surface area contributed by atoms with Gasteiger partial charge in [0.15, 0.2) is 0 Å². The summed E-state index contributed by atoms with van der Waals surface area (Å²) in [5.74, 6) is 4.92. The van der Waals surface area contributed by atoms with Crippen LogP contribution >= 0.6 is 0 Å². The van der Waals surface area contributed by atoms with Gasteiger partial charge in [0.25, 0.3) is 0 Å². The van der Waals surface area contributed by atoms with Crippen LogP contribution in [0.1, 0.15) is 112 Å². The van der Waals surface area contributed by atoms with Crippen LogP contribution < -0.4 is 0 Å². The maximum atomic E-state index is 11.7. The molecule has 0 unspecified atom stereocenters. The molecule has 186 valence electrons. The highest BCUT2D eigenvalue weighted by molar-refractivity contribution is 5.17. The Hall–Kier alpha value is -0.120. The summed E-state index contributed by atoms with van der Waals surface area (Å²) in [6.07, 6.45) is 10.7. The minimum atomic E-state index is -1.11. The molecular weight excluding hydrogens is 396 g/mol. The van der Waals surface area contributed by atoms with Gasteiger partial charge in [0.2, 0.25) is 0 Å². The van der Waals surface area contributed by atoms with Gasteiger partial charge in [0, 0.05) is 11.8 Å². The molecule has 4 aliphatic rings. The lowest BCUT2D eigenvalue weighted by atomic mass is 9.42. The third-order valence-corrected chi connectivity index (χ3v) is 12.1. The Balaban J connectivity index is 1.51. The van der Waals surface area contributed by atoms with E-state index in [4.69, 9.17) is 0 Å². The minimum Gasteiger partial charge on any atom is -0.393 e. The van der Waals surface area contributed by atoms with Crippen molar-refractivity contribution < 1.29 is 15.3 Å². The first-order valence-electron chi connectivity index (χ1n) is 14.1. The second-order valence-electron chi connectivity index (χ2n) is 13.6. The number of aliphatic hydroxyl groups is 3. The molecule has 0 aromatic heterocycles. The molecule has 0 amide bonds. The Morgan fingerprint density at radius 2 is 1.62 bits per heavy atom. The highest BCUT2D eigenvalue weighted by Crippen LogP contribution is 2.69. The van der Waals surface area contributed by atoms with Gasteiger partial charge in [0.1, 0.15) is 0 Å². The standard InChI is InChI=1S/C29H52O3/c1-7-20(18(2)3)9-8-19(4)23-10-11-24-22-16-26(31)29(32)17-21(30)12-15-28(29,6)25(22)13-14-27(23,24)5/h18-26,30-32H,7-17H2,1-6H3/t19-,20-,21+,22+,23-,24+,25+,26-,27-,28-,29-/m1/s1. The van der Waals surface area contributed by atoms with Gasteiger partial charge >= 0.3 is 0 Å². The zero-order valence-corrected chi connectivity index (χ0v) is 21.8. The predicted octanol–water partition coefficient (Wildman–Crippen LogP) is 6.19. The van der Waals surface area contributed by atoms with Crippen molar-refractivity contribution in [1.29, 1.82) is 0 Å². The molecule has 11 atom stereocenters. The van der Waals surface area contributed by atoms with Gasteiger partial charge < -0.3 is 15.3 Å². The molecule has 4 saturated carbocycles. The molecule has 0 heterocycles. The van der Waals surface area contributed by atoms with Crippen LogP contribution in [0.25, 0.3) is 0 Å². The Morgan fingerprint density at radius 1 is 0.906 bits per heavy atom. The summed E-state index contributed by atoms with van der Waals surface area (Å²) in [5, 5.41) is 33.2. The SMILES string of the molecule is CC[C@H](CC[C@@H](C)[C@H]1CC[C@H]2[C@@H]3C[C@@H](O)[C@]4(O)C[C@@H](O)CC[C@]4(C)[C@H]3CC[C@]12C)C(C)C. The van der Waals surface area contributed by atoms with Gasteiger partial charge in [-0.2, -0.15) is 0 Å². The van der Waals surface area contributed by atoms with E-state index >= 15 is 0 Å². The molecule has 0 aliphatic heterocycles. The maximum Gasteiger partial charge on any atom is 0.0985 e. The fourth-order valence-corrected chi connectivity index (χ4v) is 9.92. The van der Waals surface area contributed by atoms with Crippen molar-refractivity contribution in [3.8, 4) is 0 Å². The fourth-order valence-electron chi connectivity index (χ4n) is 9.92. The zero-order valence-electron chi connectivity index (χ0n) is 21.8. The average Bonchev–Trinajstić information content (AvgIpc) is 3.08.